The van der Waals surface area contributed by atoms with Gasteiger partial charge in [0.2, 0.25) is 0 Å². The van der Waals surface area contributed by atoms with E-state index in [0.717, 1.165) is 12.3 Å². The van der Waals surface area contributed by atoms with Gasteiger partial charge in [-0.3, -0.25) is 0 Å². The van der Waals surface area contributed by atoms with Crippen molar-refractivity contribution in [3.05, 3.63) is 11.8 Å². The molecule has 2 aliphatic heterocycles. The van der Waals surface area contributed by atoms with Gasteiger partial charge in [-0.2, -0.15) is 0 Å². The molecule has 0 spiro atoms. The van der Waals surface area contributed by atoms with Crippen molar-refractivity contribution < 1.29 is 14.0 Å². The number of ether oxygens (including phenoxy) is 2. The highest BCUT2D eigenvalue weighted by Gasteiger charge is 2.23. The Hall–Kier alpha value is -0.540. The van der Waals surface area contributed by atoms with Gasteiger partial charge < -0.3 is 14.0 Å². The summed E-state index contributed by atoms with van der Waals surface area (Å²) in [6.07, 6.45) is 6.36. The van der Waals surface area contributed by atoms with Gasteiger partial charge in [-0.25, -0.2) is 0 Å². The molecule has 0 radical (unpaired) electrons. The summed E-state index contributed by atoms with van der Waals surface area (Å²) in [4.78, 5) is 0. The first-order chi connectivity index (χ1) is 6.79. The maximum atomic E-state index is 5.32. The Morgan fingerprint density at radius 1 is 1.29 bits per heavy atom. The minimum absolute atomic E-state index is 0.440. The molecule has 0 N–H and O–H groups in total. The van der Waals surface area contributed by atoms with Crippen LogP contribution in [0.1, 0.15) is 19.3 Å². The highest BCUT2D eigenvalue weighted by Crippen LogP contribution is 2.17. The fourth-order valence-corrected chi connectivity index (χ4v) is 2.20. The number of likely N-dealkylation sites (N-methyl/N-ethyl adjacent to an activating group) is 1. The van der Waals surface area contributed by atoms with Gasteiger partial charge in [0.05, 0.1) is 20.1 Å². The molecule has 0 aromatic carbocycles. The lowest BCUT2D eigenvalue weighted by Crippen LogP contribution is -2.47. The zero-order valence-electron chi connectivity index (χ0n) is 9.00. The summed E-state index contributed by atoms with van der Waals surface area (Å²) in [7, 11) is 2.34. The van der Waals surface area contributed by atoms with E-state index in [0.29, 0.717) is 13.4 Å². The lowest BCUT2D eigenvalue weighted by Gasteiger charge is -2.36. The van der Waals surface area contributed by atoms with Crippen LogP contribution >= 0.6 is 0 Å². The Balaban J connectivity index is 1.85. The van der Waals surface area contributed by atoms with E-state index in [-0.39, 0.29) is 0 Å². The first-order valence-corrected chi connectivity index (χ1v) is 5.52. The highest BCUT2D eigenvalue weighted by atomic mass is 16.7. The van der Waals surface area contributed by atoms with E-state index < -0.39 is 0 Å². The zero-order valence-corrected chi connectivity index (χ0v) is 9.00. The maximum Gasteiger partial charge on any atom is 0.189 e. The molecular weight excluding hydrogens is 178 g/mol. The van der Waals surface area contributed by atoms with Crippen LogP contribution in [-0.2, 0) is 9.47 Å². The molecule has 0 amide bonds. The standard InChI is InChI=1S/C11H20NO2/c1-12(6-3-2-4-7-12)8-5-11-9-13-10-14-11/h5H,2-4,6-10H2,1H3/q+1/b11-5-. The summed E-state index contributed by atoms with van der Waals surface area (Å²) in [5.41, 5.74) is 0. The summed E-state index contributed by atoms with van der Waals surface area (Å²) >= 11 is 0. The van der Waals surface area contributed by atoms with Crippen molar-refractivity contribution in [3.63, 3.8) is 0 Å². The largest absolute Gasteiger partial charge is 0.470 e. The summed E-state index contributed by atoms with van der Waals surface area (Å²) in [6.45, 7) is 4.82. The van der Waals surface area contributed by atoms with Crippen molar-refractivity contribution in [2.45, 2.75) is 19.3 Å². The molecule has 0 unspecified atom stereocenters. The Morgan fingerprint density at radius 3 is 2.71 bits per heavy atom. The van der Waals surface area contributed by atoms with Crippen LogP contribution in [0.4, 0.5) is 0 Å². The molecule has 80 valence electrons. The second-order valence-corrected chi connectivity index (χ2v) is 4.59. The average molecular weight is 198 g/mol. The molecular formula is C11H20NO2+. The van der Waals surface area contributed by atoms with Crippen LogP contribution in [0.15, 0.2) is 11.8 Å². The molecule has 0 bridgehead atoms. The van der Waals surface area contributed by atoms with Gasteiger partial charge >= 0.3 is 0 Å². The predicted octanol–water partition coefficient (Wildman–Crippen LogP) is 1.51. The molecule has 0 saturated carbocycles. The van der Waals surface area contributed by atoms with Gasteiger partial charge in [0.15, 0.2) is 6.79 Å². The van der Waals surface area contributed by atoms with Crippen molar-refractivity contribution in [2.75, 3.05) is 40.1 Å². The topological polar surface area (TPSA) is 18.5 Å². The fourth-order valence-electron chi connectivity index (χ4n) is 2.20. The Morgan fingerprint density at radius 2 is 2.07 bits per heavy atom. The van der Waals surface area contributed by atoms with Crippen LogP contribution in [0.3, 0.4) is 0 Å². The molecule has 2 rings (SSSR count). The molecule has 0 atom stereocenters. The third-order valence-electron chi connectivity index (χ3n) is 3.23. The molecule has 2 saturated heterocycles. The molecule has 2 aliphatic rings. The number of piperidine rings is 1. The van der Waals surface area contributed by atoms with E-state index in [1.54, 1.807) is 0 Å². The van der Waals surface area contributed by atoms with Crippen molar-refractivity contribution in [1.82, 2.24) is 0 Å². The SMILES string of the molecule is C[N+]1(C/C=C2/COCO2)CCCCC1. The van der Waals surface area contributed by atoms with Crippen molar-refractivity contribution in [3.8, 4) is 0 Å². The molecule has 3 nitrogen and oxygen atoms in total. The predicted molar refractivity (Wildman–Crippen MR) is 54.6 cm³/mol. The lowest BCUT2D eigenvalue weighted by atomic mass is 10.1. The van der Waals surface area contributed by atoms with Gasteiger partial charge in [0.1, 0.15) is 18.9 Å². The normalized spacial score (nSPS) is 29.1. The number of rotatable bonds is 2. The fraction of sp³-hybridized carbons (Fsp3) is 0.818. The Kier molecular flexibility index (Phi) is 3.08. The van der Waals surface area contributed by atoms with Crippen LogP contribution in [0.2, 0.25) is 0 Å². The molecule has 0 aromatic heterocycles. The van der Waals surface area contributed by atoms with Crippen molar-refractivity contribution in [2.24, 2.45) is 0 Å². The second kappa shape index (κ2) is 4.32. The Labute approximate surface area is 85.9 Å². The average Bonchev–Trinajstić information content (AvgIpc) is 2.69. The summed E-state index contributed by atoms with van der Waals surface area (Å²) in [6, 6.07) is 0. The van der Waals surface area contributed by atoms with Gasteiger partial charge in [0.25, 0.3) is 0 Å². The van der Waals surface area contributed by atoms with E-state index in [9.17, 15) is 0 Å². The molecule has 3 heteroatoms. The van der Waals surface area contributed by atoms with Gasteiger partial charge in [-0.05, 0) is 19.3 Å². The zero-order chi connectivity index (χ0) is 9.86. The number of hydrogen-bond donors (Lipinski definition) is 0. The van der Waals surface area contributed by atoms with E-state index in [2.05, 4.69) is 13.1 Å². The quantitative estimate of drug-likeness (QED) is 0.626. The summed E-state index contributed by atoms with van der Waals surface area (Å²) < 4.78 is 11.6. The van der Waals surface area contributed by atoms with Crippen LogP contribution < -0.4 is 0 Å². The minimum atomic E-state index is 0.440. The first kappa shape index (κ1) is 9.99. The van der Waals surface area contributed by atoms with Crippen LogP contribution in [0.5, 0.6) is 0 Å². The van der Waals surface area contributed by atoms with E-state index >= 15 is 0 Å². The molecule has 2 fully saturated rings. The molecule has 2 heterocycles. The highest BCUT2D eigenvalue weighted by molar-refractivity contribution is 4.95. The smallest absolute Gasteiger partial charge is 0.189 e. The van der Waals surface area contributed by atoms with E-state index in [4.69, 9.17) is 9.47 Å². The second-order valence-electron chi connectivity index (χ2n) is 4.59. The number of quaternary nitrogens is 1. The number of likely N-dealkylation sites (tertiary alicyclic amines) is 1. The van der Waals surface area contributed by atoms with Crippen LogP contribution in [0.25, 0.3) is 0 Å². The maximum absolute atomic E-state index is 5.32. The molecule has 0 aliphatic carbocycles. The number of nitrogens with zero attached hydrogens (tertiary/aromatic N) is 1. The van der Waals surface area contributed by atoms with E-state index in [1.165, 1.54) is 36.8 Å². The van der Waals surface area contributed by atoms with Gasteiger partial charge in [0, 0.05) is 6.08 Å². The summed E-state index contributed by atoms with van der Waals surface area (Å²) in [5, 5.41) is 0. The monoisotopic (exact) mass is 198 g/mol. The minimum Gasteiger partial charge on any atom is -0.470 e. The lowest BCUT2D eigenvalue weighted by molar-refractivity contribution is -0.908. The molecule has 14 heavy (non-hydrogen) atoms. The molecule has 0 aromatic rings. The summed E-state index contributed by atoms with van der Waals surface area (Å²) in [5.74, 6) is 1.02. The van der Waals surface area contributed by atoms with Crippen LogP contribution in [0, 0.1) is 0 Å². The van der Waals surface area contributed by atoms with Crippen molar-refractivity contribution in [1.29, 1.82) is 0 Å². The number of hydrogen-bond acceptors (Lipinski definition) is 2. The van der Waals surface area contributed by atoms with Crippen LogP contribution in [-0.4, -0.2) is 44.6 Å². The van der Waals surface area contributed by atoms with E-state index in [1.807, 2.05) is 0 Å². The third-order valence-corrected chi connectivity index (χ3v) is 3.23. The van der Waals surface area contributed by atoms with Gasteiger partial charge in [-0.15, -0.1) is 0 Å². The Bertz CT molecular complexity index is 211. The van der Waals surface area contributed by atoms with Gasteiger partial charge in [-0.1, -0.05) is 0 Å². The first-order valence-electron chi connectivity index (χ1n) is 5.52. The van der Waals surface area contributed by atoms with Crippen molar-refractivity contribution >= 4 is 0 Å². The third kappa shape index (κ3) is 2.49.